The van der Waals surface area contributed by atoms with Gasteiger partial charge in [-0.15, -0.1) is 0 Å². The summed E-state index contributed by atoms with van der Waals surface area (Å²) in [4.78, 5) is 0. The number of nitrogens with zero attached hydrogens (tertiary/aromatic N) is 1. The van der Waals surface area contributed by atoms with E-state index in [1.54, 1.807) is 0 Å². The van der Waals surface area contributed by atoms with Gasteiger partial charge >= 0.3 is 0 Å². The van der Waals surface area contributed by atoms with Crippen LogP contribution < -0.4 is 0 Å². The second kappa shape index (κ2) is 8.21. The van der Waals surface area contributed by atoms with E-state index in [4.69, 9.17) is 0 Å². The van der Waals surface area contributed by atoms with Crippen LogP contribution in [0.2, 0.25) is 0 Å². The Hall–Kier alpha value is -0.510. The van der Waals surface area contributed by atoms with Gasteiger partial charge in [0.25, 0.3) is 0 Å². The first-order valence-electron chi connectivity index (χ1n) is 9.65. The molecule has 0 heterocycles. The molecule has 2 unspecified atom stereocenters. The Labute approximate surface area is 132 Å². The molecule has 1 nitrogen and oxygen atoms in total. The molecule has 0 bridgehead atoms. The minimum Gasteiger partial charge on any atom is -0.198 e. The largest absolute Gasteiger partial charge is 0.198 e. The molecule has 2 aliphatic carbocycles. The van der Waals surface area contributed by atoms with E-state index in [0.717, 1.165) is 17.8 Å². The molecule has 4 atom stereocenters. The second-order valence-corrected chi connectivity index (χ2v) is 7.89. The number of hydrogen-bond donors (Lipinski definition) is 0. The van der Waals surface area contributed by atoms with Crippen LogP contribution in [0.15, 0.2) is 0 Å². The molecule has 0 aromatic rings. The Morgan fingerprint density at radius 1 is 0.952 bits per heavy atom. The minimum absolute atomic E-state index is 0.0674. The maximum absolute atomic E-state index is 9.87. The lowest BCUT2D eigenvalue weighted by Crippen LogP contribution is -2.40. The van der Waals surface area contributed by atoms with Gasteiger partial charge in [0.15, 0.2) is 0 Å². The van der Waals surface area contributed by atoms with Gasteiger partial charge in [0.05, 0.1) is 11.5 Å². The molecule has 0 aromatic carbocycles. The Bertz CT molecular complexity index is 342. The molecule has 2 saturated carbocycles. The summed E-state index contributed by atoms with van der Waals surface area (Å²) in [6, 6.07) is 2.81. The van der Waals surface area contributed by atoms with Crippen molar-refractivity contribution in [1.82, 2.24) is 0 Å². The summed E-state index contributed by atoms with van der Waals surface area (Å²) >= 11 is 0. The van der Waals surface area contributed by atoms with Crippen molar-refractivity contribution in [2.45, 2.75) is 97.3 Å². The molecular formula is C20H35N. The van der Waals surface area contributed by atoms with Crippen molar-refractivity contribution in [3.8, 4) is 6.07 Å². The molecule has 1 heteroatoms. The van der Waals surface area contributed by atoms with E-state index >= 15 is 0 Å². The predicted molar refractivity (Wildman–Crippen MR) is 89.9 cm³/mol. The second-order valence-electron chi connectivity index (χ2n) is 7.89. The summed E-state index contributed by atoms with van der Waals surface area (Å²) in [7, 11) is 0. The van der Waals surface area contributed by atoms with E-state index in [9.17, 15) is 5.26 Å². The van der Waals surface area contributed by atoms with Crippen LogP contribution in [-0.2, 0) is 0 Å². The summed E-state index contributed by atoms with van der Waals surface area (Å²) in [6.45, 7) is 4.58. The van der Waals surface area contributed by atoms with Crippen LogP contribution in [0.25, 0.3) is 0 Å². The van der Waals surface area contributed by atoms with Crippen LogP contribution in [0.5, 0.6) is 0 Å². The molecule has 120 valence electrons. The van der Waals surface area contributed by atoms with Crippen LogP contribution in [0.1, 0.15) is 97.3 Å². The van der Waals surface area contributed by atoms with Gasteiger partial charge in [-0.1, -0.05) is 65.2 Å². The lowest BCUT2D eigenvalue weighted by atomic mass is 9.55. The third-order valence-electron chi connectivity index (χ3n) is 6.38. The highest BCUT2D eigenvalue weighted by molar-refractivity contribution is 5.08. The van der Waals surface area contributed by atoms with Crippen LogP contribution in [0, 0.1) is 34.5 Å². The zero-order valence-electron chi connectivity index (χ0n) is 14.4. The Kier molecular flexibility index (Phi) is 6.59. The van der Waals surface area contributed by atoms with Gasteiger partial charge in [0.2, 0.25) is 0 Å². The van der Waals surface area contributed by atoms with Crippen molar-refractivity contribution in [2.75, 3.05) is 0 Å². The van der Waals surface area contributed by atoms with E-state index in [2.05, 4.69) is 19.9 Å². The van der Waals surface area contributed by atoms with Crippen LogP contribution in [0.4, 0.5) is 0 Å². The van der Waals surface area contributed by atoms with Crippen molar-refractivity contribution in [3.05, 3.63) is 0 Å². The maximum Gasteiger partial charge on any atom is 0.0692 e. The van der Waals surface area contributed by atoms with Crippen molar-refractivity contribution < 1.29 is 0 Å². The van der Waals surface area contributed by atoms with E-state index < -0.39 is 0 Å². The number of fused-ring (bicyclic) bond motifs is 1. The molecule has 0 spiro atoms. The molecule has 0 N–H and O–H groups in total. The first-order valence-corrected chi connectivity index (χ1v) is 9.65. The van der Waals surface area contributed by atoms with E-state index in [1.165, 1.54) is 83.5 Å². The van der Waals surface area contributed by atoms with Gasteiger partial charge < -0.3 is 0 Å². The molecule has 0 saturated heterocycles. The molecular weight excluding hydrogens is 254 g/mol. The number of unbranched alkanes of at least 4 members (excludes halogenated alkanes) is 3. The average molecular weight is 290 g/mol. The molecule has 0 aromatic heterocycles. The lowest BCUT2D eigenvalue weighted by Gasteiger charge is -2.48. The standard InChI is InChI=1S/C20H35N/c1-3-5-7-9-17-12-13-20(16-21)15-18(8-6-4-2)10-11-19(20)14-17/h17-19H,3-15H2,1-2H3/t17?,18-,19-,20?/m1/s1. The predicted octanol–water partition coefficient (Wildman–Crippen LogP) is 6.48. The van der Waals surface area contributed by atoms with Crippen LogP contribution in [-0.4, -0.2) is 0 Å². The highest BCUT2D eigenvalue weighted by Gasteiger charge is 2.47. The fourth-order valence-electron chi connectivity index (χ4n) is 5.01. The highest BCUT2D eigenvalue weighted by Crippen LogP contribution is 2.54. The van der Waals surface area contributed by atoms with Gasteiger partial charge in [-0.05, 0) is 49.9 Å². The molecule has 0 amide bonds. The molecule has 2 rings (SSSR count). The zero-order chi connectivity index (χ0) is 15.1. The van der Waals surface area contributed by atoms with Crippen molar-refractivity contribution in [2.24, 2.45) is 23.2 Å². The number of hydrogen-bond acceptors (Lipinski definition) is 1. The summed E-state index contributed by atoms with van der Waals surface area (Å²) < 4.78 is 0. The molecule has 2 aliphatic rings. The Morgan fingerprint density at radius 2 is 1.71 bits per heavy atom. The third-order valence-corrected chi connectivity index (χ3v) is 6.38. The SMILES string of the molecule is CCCCCC1CCC2(C#N)C[C@H](CCCC)CC[C@@H]2C1. The molecule has 2 fully saturated rings. The lowest BCUT2D eigenvalue weighted by molar-refractivity contribution is 0.0367. The van der Waals surface area contributed by atoms with Crippen molar-refractivity contribution >= 4 is 0 Å². The van der Waals surface area contributed by atoms with E-state index in [0.29, 0.717) is 0 Å². The van der Waals surface area contributed by atoms with Gasteiger partial charge in [-0.3, -0.25) is 0 Å². The van der Waals surface area contributed by atoms with E-state index in [-0.39, 0.29) is 5.41 Å². The molecule has 0 aliphatic heterocycles. The van der Waals surface area contributed by atoms with Gasteiger partial charge in [-0.25, -0.2) is 0 Å². The smallest absolute Gasteiger partial charge is 0.0692 e. The summed E-state index contributed by atoms with van der Waals surface area (Å²) in [5, 5.41) is 9.87. The topological polar surface area (TPSA) is 23.8 Å². The highest BCUT2D eigenvalue weighted by atomic mass is 14.5. The average Bonchev–Trinajstić information content (AvgIpc) is 2.53. The normalized spacial score (nSPS) is 36.0. The minimum atomic E-state index is 0.0674. The first kappa shape index (κ1) is 16.9. The fraction of sp³-hybridized carbons (Fsp3) is 0.950. The van der Waals surface area contributed by atoms with Crippen LogP contribution >= 0.6 is 0 Å². The van der Waals surface area contributed by atoms with Crippen molar-refractivity contribution in [3.63, 3.8) is 0 Å². The number of rotatable bonds is 7. The van der Waals surface area contributed by atoms with Gasteiger partial charge in [0, 0.05) is 0 Å². The monoisotopic (exact) mass is 289 g/mol. The summed E-state index contributed by atoms with van der Waals surface area (Å²) in [6.07, 6.45) is 17.4. The zero-order valence-corrected chi connectivity index (χ0v) is 14.4. The van der Waals surface area contributed by atoms with Crippen molar-refractivity contribution in [1.29, 1.82) is 5.26 Å². The Morgan fingerprint density at radius 3 is 2.43 bits per heavy atom. The van der Waals surface area contributed by atoms with E-state index in [1.807, 2.05) is 0 Å². The summed E-state index contributed by atoms with van der Waals surface area (Å²) in [5.41, 5.74) is 0.0674. The van der Waals surface area contributed by atoms with Gasteiger partial charge in [-0.2, -0.15) is 5.26 Å². The summed E-state index contributed by atoms with van der Waals surface area (Å²) in [5.74, 6) is 2.49. The van der Waals surface area contributed by atoms with Gasteiger partial charge in [0.1, 0.15) is 0 Å². The van der Waals surface area contributed by atoms with Crippen LogP contribution in [0.3, 0.4) is 0 Å². The molecule has 21 heavy (non-hydrogen) atoms. The maximum atomic E-state index is 9.87. The first-order chi connectivity index (χ1) is 10.2. The quantitative estimate of drug-likeness (QED) is 0.492. The molecule has 0 radical (unpaired) electrons. The Balaban J connectivity index is 1.88. The third kappa shape index (κ3) is 4.24. The number of nitriles is 1. The fourth-order valence-corrected chi connectivity index (χ4v) is 5.01.